The maximum Gasteiger partial charge on any atom is 0.217 e. The van der Waals surface area contributed by atoms with E-state index in [0.29, 0.717) is 0 Å². The molecule has 0 saturated carbocycles. The number of rotatable bonds is 22. The van der Waals surface area contributed by atoms with Gasteiger partial charge >= 0.3 is 0 Å². The summed E-state index contributed by atoms with van der Waals surface area (Å²) in [6.07, 6.45) is -62.8. The van der Waals surface area contributed by atoms with E-state index in [1.165, 1.54) is 0 Å². The predicted molar refractivity (Wildman–Crippen MR) is 267 cm³/mol. The molecular weight excluding hydrogens is 1190 g/mol. The molecule has 0 aliphatic carbocycles. The third kappa shape index (κ3) is 15.8. The van der Waals surface area contributed by atoms with E-state index in [1.807, 2.05) is 0 Å². The van der Waals surface area contributed by atoms with Gasteiger partial charge in [0.05, 0.1) is 46.2 Å². The Balaban J connectivity index is 1.17. The van der Waals surface area contributed by atoms with Crippen LogP contribution >= 0.6 is 0 Å². The quantitative estimate of drug-likeness (QED) is 0.0479. The minimum Gasteiger partial charge on any atom is -0.394 e. The van der Waals surface area contributed by atoms with Crippen molar-refractivity contribution in [3.8, 4) is 0 Å². The Morgan fingerprint density at radius 3 is 1.02 bits per heavy atom. The van der Waals surface area contributed by atoms with Crippen LogP contribution in [-0.4, -0.2) is 381 Å². The van der Waals surface area contributed by atoms with Crippen LogP contribution in [-0.2, 0) is 76.0 Å². The average molecular weight is 1280 g/mol. The first kappa shape index (κ1) is 71.5. The lowest BCUT2D eigenvalue weighted by Gasteiger charge is -2.50. The molecule has 0 aromatic heterocycles. The van der Waals surface area contributed by atoms with Gasteiger partial charge in [-0.15, -0.1) is 0 Å². The summed E-state index contributed by atoms with van der Waals surface area (Å²) >= 11 is 0. The fourth-order valence-corrected chi connectivity index (χ4v) is 11.1. The second kappa shape index (κ2) is 31.1. The second-order valence-electron chi connectivity index (χ2n) is 21.8. The number of ether oxygens (including phenoxy) is 13. The van der Waals surface area contributed by atoms with Crippen LogP contribution in [0.1, 0.15) is 20.8 Å². The van der Waals surface area contributed by atoms with Crippen LogP contribution in [0.5, 0.6) is 0 Å². The number of carbonyl (C=O) groups is 3. The third-order valence-electron chi connectivity index (χ3n) is 15.7. The molecule has 7 heterocycles. The zero-order valence-corrected chi connectivity index (χ0v) is 46.6. The van der Waals surface area contributed by atoms with E-state index < -0.39 is 279 Å². The Morgan fingerprint density at radius 1 is 0.299 bits per heavy atom. The number of aliphatic hydroxyl groups is 20. The molecule has 7 rings (SSSR count). The summed E-state index contributed by atoms with van der Waals surface area (Å²) in [7, 11) is 0. The lowest BCUT2D eigenvalue weighted by molar-refractivity contribution is -0.389. The summed E-state index contributed by atoms with van der Waals surface area (Å²) in [5, 5.41) is 224. The minimum atomic E-state index is -2.34. The number of aliphatic hydroxyl groups excluding tert-OH is 20. The zero-order valence-electron chi connectivity index (χ0n) is 46.6. The van der Waals surface area contributed by atoms with Gasteiger partial charge in [-0.25, -0.2) is 0 Å². The number of nitrogens with one attached hydrogen (secondary N) is 3. The smallest absolute Gasteiger partial charge is 0.217 e. The largest absolute Gasteiger partial charge is 0.394 e. The highest BCUT2D eigenvalue weighted by Gasteiger charge is 2.59. The first-order chi connectivity index (χ1) is 41.1. The maximum atomic E-state index is 12.7. The maximum absolute atomic E-state index is 12.7. The van der Waals surface area contributed by atoms with Crippen molar-refractivity contribution < 1.29 is 178 Å². The van der Waals surface area contributed by atoms with Crippen molar-refractivity contribution in [1.29, 1.82) is 0 Å². The highest BCUT2D eigenvalue weighted by Crippen LogP contribution is 2.37. The Labute approximate surface area is 492 Å². The minimum absolute atomic E-state index is 0.738. The molecular formula is C48H81N3O36. The molecule has 7 aliphatic rings. The third-order valence-corrected chi connectivity index (χ3v) is 15.7. The number of amides is 3. The first-order valence-corrected chi connectivity index (χ1v) is 27.6. The molecule has 0 spiro atoms. The van der Waals surface area contributed by atoms with Crippen molar-refractivity contribution in [3.63, 3.8) is 0 Å². The summed E-state index contributed by atoms with van der Waals surface area (Å²) < 4.78 is 75.5. The molecule has 39 nitrogen and oxygen atoms in total. The van der Waals surface area contributed by atoms with Gasteiger partial charge in [0, 0.05) is 20.8 Å². The first-order valence-electron chi connectivity index (χ1n) is 27.6. The topological polar surface area (TPSA) is 612 Å². The Morgan fingerprint density at radius 2 is 0.609 bits per heavy atom. The second-order valence-corrected chi connectivity index (χ2v) is 21.8. The Hall–Kier alpha value is -2.91. The molecule has 7 fully saturated rings. The molecule has 35 atom stereocenters. The van der Waals surface area contributed by atoms with E-state index in [9.17, 15) is 117 Å². The summed E-state index contributed by atoms with van der Waals surface area (Å²) in [6.45, 7) is -4.00. The number of carbonyl (C=O) groups excluding carboxylic acids is 3. The molecule has 7 aliphatic heterocycles. The van der Waals surface area contributed by atoms with Gasteiger partial charge in [-0.05, 0) is 0 Å². The van der Waals surface area contributed by atoms with Crippen molar-refractivity contribution in [2.24, 2.45) is 0 Å². The zero-order chi connectivity index (χ0) is 64.2. The van der Waals surface area contributed by atoms with Crippen LogP contribution in [0, 0.1) is 0 Å². The molecule has 87 heavy (non-hydrogen) atoms. The molecule has 0 radical (unpaired) electrons. The van der Waals surface area contributed by atoms with Crippen molar-refractivity contribution in [1.82, 2.24) is 16.0 Å². The van der Waals surface area contributed by atoms with Crippen LogP contribution in [0.4, 0.5) is 0 Å². The van der Waals surface area contributed by atoms with Gasteiger partial charge in [0.2, 0.25) is 17.7 Å². The van der Waals surface area contributed by atoms with Crippen molar-refractivity contribution in [3.05, 3.63) is 0 Å². The normalized spacial score (nSPS) is 48.9. The highest BCUT2D eigenvalue weighted by molar-refractivity contribution is 5.74. The lowest BCUT2D eigenvalue weighted by Crippen LogP contribution is -2.70. The van der Waals surface area contributed by atoms with Gasteiger partial charge in [0.1, 0.15) is 171 Å². The Bertz CT molecular complexity index is 2190. The molecule has 35 unspecified atom stereocenters. The summed E-state index contributed by atoms with van der Waals surface area (Å²) in [4.78, 5) is 37.3. The van der Waals surface area contributed by atoms with E-state index >= 15 is 0 Å². The van der Waals surface area contributed by atoms with Crippen LogP contribution in [0.15, 0.2) is 0 Å². The van der Waals surface area contributed by atoms with E-state index in [-0.39, 0.29) is 0 Å². The van der Waals surface area contributed by atoms with Gasteiger partial charge in [0.15, 0.2) is 44.0 Å². The van der Waals surface area contributed by atoms with E-state index in [0.717, 1.165) is 20.8 Å². The van der Waals surface area contributed by atoms with Gasteiger partial charge in [-0.1, -0.05) is 0 Å². The Kier molecular flexibility index (Phi) is 25.6. The summed E-state index contributed by atoms with van der Waals surface area (Å²) in [6, 6.07) is -5.18. The van der Waals surface area contributed by atoms with Crippen LogP contribution < -0.4 is 16.0 Å². The van der Waals surface area contributed by atoms with E-state index in [2.05, 4.69) is 16.0 Å². The van der Waals surface area contributed by atoms with Crippen molar-refractivity contribution in [2.45, 2.75) is 236 Å². The monoisotopic (exact) mass is 1280 g/mol. The van der Waals surface area contributed by atoms with Crippen LogP contribution in [0.25, 0.3) is 0 Å². The van der Waals surface area contributed by atoms with Gasteiger partial charge in [-0.3, -0.25) is 14.4 Å². The average Bonchev–Trinajstić information content (AvgIpc) is 2.03. The van der Waals surface area contributed by atoms with Gasteiger partial charge in [-0.2, -0.15) is 0 Å². The SMILES string of the molecule is CC(=O)NC1C(O)OC(CO)C(OC2OC(CO)C(OC3OC(COC4OC(CO)C(O)C(O)C4OC4OC(CO)C(OC5OC(CO)C(O)C(O)C5O)C(O)C4NC(C)=O)C(O)C(OC4OC(CO)C(O)C(O)C4O)C3O)C(O)C2NC(C)=O)C1O. The fourth-order valence-electron chi connectivity index (χ4n) is 11.1. The summed E-state index contributed by atoms with van der Waals surface area (Å²) in [5.74, 6) is -2.48. The van der Waals surface area contributed by atoms with Crippen LogP contribution in [0.3, 0.4) is 0 Å². The van der Waals surface area contributed by atoms with Gasteiger partial charge < -0.3 is 180 Å². The predicted octanol–water partition coefficient (Wildman–Crippen LogP) is -15.8. The molecule has 0 aromatic rings. The molecule has 0 aromatic carbocycles. The number of hydrogen-bond acceptors (Lipinski definition) is 36. The molecule has 39 heteroatoms. The molecule has 504 valence electrons. The number of hydrogen-bond donors (Lipinski definition) is 23. The molecule has 7 saturated heterocycles. The fraction of sp³-hybridized carbons (Fsp3) is 0.938. The van der Waals surface area contributed by atoms with Crippen molar-refractivity contribution >= 4 is 17.7 Å². The van der Waals surface area contributed by atoms with E-state index in [4.69, 9.17) is 61.6 Å². The van der Waals surface area contributed by atoms with Crippen LogP contribution in [0.2, 0.25) is 0 Å². The molecule has 3 amide bonds. The molecule has 0 bridgehead atoms. The molecule has 23 N–H and O–H groups in total. The standard InChI is InChI=1S/C48H81N3O36/c1-11(58)49-21-28(65)37(17(7-55)76-42(21)74)83-43-22(50-12(2)59)29(66)39(19(9-57)80-43)85-47-36(73)40(86-46-35(72)32(69)25(62)15(5-53)78-46)27(64)20(82-47)10-75-48-41(33(70)26(63)16(6-54)79-48)87-44-23(51-13(3)60)30(67)38(18(8-56)81-44)84-45-34(71)31(68)24(61)14(4-52)77-45/h14-48,52-57,61-74H,4-10H2,1-3H3,(H,49,58)(H,50,59)(H,51,60). The highest BCUT2D eigenvalue weighted by atomic mass is 16.8. The lowest BCUT2D eigenvalue weighted by atomic mass is 9.94. The van der Waals surface area contributed by atoms with Gasteiger partial charge in [0.25, 0.3) is 0 Å². The van der Waals surface area contributed by atoms with Crippen molar-refractivity contribution in [2.75, 3.05) is 46.2 Å². The van der Waals surface area contributed by atoms with E-state index in [1.54, 1.807) is 0 Å². The summed E-state index contributed by atoms with van der Waals surface area (Å²) in [5.41, 5.74) is 0.